The van der Waals surface area contributed by atoms with Crippen molar-refractivity contribution in [2.24, 2.45) is 12.5 Å². The normalized spacial score (nSPS) is 22.3. The minimum atomic E-state index is 0.282. The second kappa shape index (κ2) is 4.07. The molecule has 0 unspecified atom stereocenters. The van der Waals surface area contributed by atoms with Gasteiger partial charge in [-0.05, 0) is 25.2 Å². The third-order valence-electron chi connectivity index (χ3n) is 4.36. The fraction of sp³-hybridized carbons (Fsp3) is 0.769. The van der Waals surface area contributed by atoms with Crippen LogP contribution in [-0.4, -0.2) is 32.1 Å². The van der Waals surface area contributed by atoms with E-state index >= 15 is 0 Å². The molecule has 1 spiro atoms. The largest absolute Gasteiger partial charge is 0.335 e. The summed E-state index contributed by atoms with van der Waals surface area (Å²) in [6.07, 6.45) is 5.73. The molecule has 0 N–H and O–H groups in total. The maximum Gasteiger partial charge on any atom is 0.223 e. The zero-order valence-corrected chi connectivity index (χ0v) is 11.1. The summed E-state index contributed by atoms with van der Waals surface area (Å²) in [6.45, 7) is 3.41. The van der Waals surface area contributed by atoms with Gasteiger partial charge in [0.15, 0.2) is 0 Å². The first-order valence-electron chi connectivity index (χ1n) is 6.72. The molecule has 3 rings (SSSR count). The molecule has 1 aromatic heterocycles. The first kappa shape index (κ1) is 11.7. The van der Waals surface area contributed by atoms with Gasteiger partial charge in [-0.3, -0.25) is 9.48 Å². The Morgan fingerprint density at radius 3 is 2.67 bits per heavy atom. The molecule has 2 fully saturated rings. The smallest absolute Gasteiger partial charge is 0.223 e. The van der Waals surface area contributed by atoms with Crippen LogP contribution in [0.3, 0.4) is 0 Å². The van der Waals surface area contributed by atoms with Gasteiger partial charge in [0, 0.05) is 20.0 Å². The Kier molecular flexibility index (Phi) is 2.64. The summed E-state index contributed by atoms with van der Waals surface area (Å²) in [5.74, 6) is 1.95. The standard InChI is InChI=1S/C13H20N4O/c1-10-14-11(16(2)15-10)8-17-9-13(7-12(17)18)5-3-4-6-13/h3-9H2,1-2H3. The predicted octanol–water partition coefficient (Wildman–Crippen LogP) is 1.42. The van der Waals surface area contributed by atoms with Gasteiger partial charge in [-0.25, -0.2) is 4.98 Å². The monoisotopic (exact) mass is 248 g/mol. The van der Waals surface area contributed by atoms with Crippen molar-refractivity contribution in [3.8, 4) is 0 Å². The van der Waals surface area contributed by atoms with E-state index in [1.807, 2.05) is 18.9 Å². The van der Waals surface area contributed by atoms with E-state index in [1.165, 1.54) is 25.7 Å². The van der Waals surface area contributed by atoms with Crippen molar-refractivity contribution in [3.05, 3.63) is 11.6 Å². The maximum atomic E-state index is 12.1. The van der Waals surface area contributed by atoms with Crippen LogP contribution >= 0.6 is 0 Å². The van der Waals surface area contributed by atoms with E-state index in [4.69, 9.17) is 0 Å². The number of rotatable bonds is 2. The van der Waals surface area contributed by atoms with Crippen LogP contribution < -0.4 is 0 Å². The average molecular weight is 248 g/mol. The van der Waals surface area contributed by atoms with Crippen molar-refractivity contribution in [2.75, 3.05) is 6.54 Å². The number of aromatic nitrogens is 3. The van der Waals surface area contributed by atoms with E-state index in [2.05, 4.69) is 10.1 Å². The van der Waals surface area contributed by atoms with Crippen LogP contribution in [0.4, 0.5) is 0 Å². The number of amides is 1. The number of carbonyl (C=O) groups excluding carboxylic acids is 1. The Balaban J connectivity index is 1.74. The zero-order chi connectivity index (χ0) is 12.8. The van der Waals surface area contributed by atoms with Gasteiger partial charge in [0.25, 0.3) is 0 Å². The minimum absolute atomic E-state index is 0.282. The first-order valence-corrected chi connectivity index (χ1v) is 6.72. The van der Waals surface area contributed by atoms with E-state index in [0.29, 0.717) is 6.54 Å². The number of hydrogen-bond donors (Lipinski definition) is 0. The minimum Gasteiger partial charge on any atom is -0.335 e. The van der Waals surface area contributed by atoms with Crippen LogP contribution in [0.1, 0.15) is 43.8 Å². The van der Waals surface area contributed by atoms with E-state index in [0.717, 1.165) is 24.6 Å². The molecule has 1 saturated carbocycles. The number of likely N-dealkylation sites (tertiary alicyclic amines) is 1. The van der Waals surface area contributed by atoms with Crippen LogP contribution in [0.2, 0.25) is 0 Å². The van der Waals surface area contributed by atoms with Crippen molar-refractivity contribution in [1.82, 2.24) is 19.7 Å². The summed E-state index contributed by atoms with van der Waals surface area (Å²) in [5, 5.41) is 4.23. The van der Waals surface area contributed by atoms with Crippen LogP contribution in [0.5, 0.6) is 0 Å². The highest BCUT2D eigenvalue weighted by molar-refractivity contribution is 5.79. The number of hydrogen-bond acceptors (Lipinski definition) is 3. The SMILES string of the molecule is Cc1nc(CN2CC3(CCCC3)CC2=O)n(C)n1. The summed E-state index contributed by atoms with van der Waals surface area (Å²) in [7, 11) is 1.89. The number of carbonyl (C=O) groups is 1. The molecular formula is C13H20N4O. The lowest BCUT2D eigenvalue weighted by Gasteiger charge is -2.22. The van der Waals surface area contributed by atoms with Crippen molar-refractivity contribution in [2.45, 2.75) is 45.6 Å². The lowest BCUT2D eigenvalue weighted by molar-refractivity contribution is -0.128. The predicted molar refractivity (Wildman–Crippen MR) is 66.7 cm³/mol. The van der Waals surface area contributed by atoms with E-state index in [1.54, 1.807) is 4.68 Å². The third-order valence-corrected chi connectivity index (χ3v) is 4.36. The summed E-state index contributed by atoms with van der Waals surface area (Å²) < 4.78 is 1.78. The second-order valence-electron chi connectivity index (χ2n) is 5.83. The van der Waals surface area contributed by atoms with E-state index < -0.39 is 0 Å². The molecule has 1 amide bonds. The summed E-state index contributed by atoms with van der Waals surface area (Å²) in [4.78, 5) is 18.5. The first-order chi connectivity index (χ1) is 8.58. The summed E-state index contributed by atoms with van der Waals surface area (Å²) in [6, 6.07) is 0. The Labute approximate surface area is 107 Å². The highest BCUT2D eigenvalue weighted by atomic mass is 16.2. The van der Waals surface area contributed by atoms with Gasteiger partial charge in [-0.15, -0.1) is 0 Å². The Hall–Kier alpha value is -1.39. The molecule has 1 saturated heterocycles. The molecule has 0 atom stereocenters. The van der Waals surface area contributed by atoms with Crippen LogP contribution in [0.15, 0.2) is 0 Å². The number of nitrogens with zero attached hydrogens (tertiary/aromatic N) is 4. The van der Waals surface area contributed by atoms with Gasteiger partial charge in [0.2, 0.25) is 5.91 Å². The molecule has 1 aliphatic heterocycles. The van der Waals surface area contributed by atoms with Gasteiger partial charge < -0.3 is 4.90 Å². The molecule has 98 valence electrons. The van der Waals surface area contributed by atoms with Crippen LogP contribution in [0.25, 0.3) is 0 Å². The molecule has 5 heteroatoms. The topological polar surface area (TPSA) is 51.0 Å². The molecule has 1 aromatic rings. The van der Waals surface area contributed by atoms with Crippen LogP contribution in [-0.2, 0) is 18.4 Å². The average Bonchev–Trinajstić information content (AvgIpc) is 2.94. The van der Waals surface area contributed by atoms with Crippen molar-refractivity contribution in [1.29, 1.82) is 0 Å². The molecule has 5 nitrogen and oxygen atoms in total. The Morgan fingerprint density at radius 1 is 1.33 bits per heavy atom. The molecule has 2 aliphatic rings. The van der Waals surface area contributed by atoms with Crippen molar-refractivity contribution in [3.63, 3.8) is 0 Å². The zero-order valence-electron chi connectivity index (χ0n) is 11.1. The highest BCUT2D eigenvalue weighted by Gasteiger charge is 2.44. The fourth-order valence-corrected chi connectivity index (χ4v) is 3.45. The molecule has 0 aromatic carbocycles. The van der Waals surface area contributed by atoms with Gasteiger partial charge in [-0.2, -0.15) is 5.10 Å². The second-order valence-corrected chi connectivity index (χ2v) is 5.83. The number of aryl methyl sites for hydroxylation is 2. The van der Waals surface area contributed by atoms with Crippen molar-refractivity contribution >= 4 is 5.91 Å². The molecule has 0 bridgehead atoms. The quantitative estimate of drug-likeness (QED) is 0.795. The van der Waals surface area contributed by atoms with Gasteiger partial charge in [0.05, 0.1) is 6.54 Å². The van der Waals surface area contributed by atoms with E-state index in [-0.39, 0.29) is 11.3 Å². The maximum absolute atomic E-state index is 12.1. The highest BCUT2D eigenvalue weighted by Crippen LogP contribution is 2.45. The Bertz CT molecular complexity index is 473. The molecule has 1 aliphatic carbocycles. The molecule has 0 radical (unpaired) electrons. The Morgan fingerprint density at radius 2 is 2.06 bits per heavy atom. The molecular weight excluding hydrogens is 228 g/mol. The van der Waals surface area contributed by atoms with Gasteiger partial charge in [0.1, 0.15) is 11.6 Å². The van der Waals surface area contributed by atoms with E-state index in [9.17, 15) is 4.79 Å². The third kappa shape index (κ3) is 1.91. The fourth-order valence-electron chi connectivity index (χ4n) is 3.45. The summed E-state index contributed by atoms with van der Waals surface area (Å²) >= 11 is 0. The lowest BCUT2D eigenvalue weighted by atomic mass is 9.85. The molecule has 18 heavy (non-hydrogen) atoms. The van der Waals surface area contributed by atoms with Gasteiger partial charge >= 0.3 is 0 Å². The van der Waals surface area contributed by atoms with Crippen molar-refractivity contribution < 1.29 is 4.79 Å². The van der Waals surface area contributed by atoms with Crippen LogP contribution in [0, 0.1) is 12.3 Å². The summed E-state index contributed by atoms with van der Waals surface area (Å²) in [5.41, 5.74) is 0.282. The van der Waals surface area contributed by atoms with Gasteiger partial charge in [-0.1, -0.05) is 12.8 Å². The molecule has 2 heterocycles. The lowest BCUT2D eigenvalue weighted by Crippen LogP contribution is -2.28.